The van der Waals surface area contributed by atoms with Gasteiger partial charge in [0.25, 0.3) is 0 Å². The van der Waals surface area contributed by atoms with Crippen molar-refractivity contribution in [2.24, 2.45) is 5.92 Å². The van der Waals surface area contributed by atoms with Gasteiger partial charge in [0.05, 0.1) is 0 Å². The lowest BCUT2D eigenvalue weighted by atomic mass is 9.99. The SMILES string of the molecule is C[C@@H](NCc1cccc2ccccc12)C1CCCC1. The van der Waals surface area contributed by atoms with Gasteiger partial charge < -0.3 is 5.32 Å². The van der Waals surface area contributed by atoms with Crippen LogP contribution < -0.4 is 5.32 Å². The van der Waals surface area contributed by atoms with E-state index < -0.39 is 0 Å². The molecule has 1 nitrogen and oxygen atoms in total. The van der Waals surface area contributed by atoms with Crippen LogP contribution in [0, 0.1) is 5.92 Å². The quantitative estimate of drug-likeness (QED) is 0.845. The van der Waals surface area contributed by atoms with E-state index in [0.29, 0.717) is 6.04 Å². The molecular formula is C18H23N. The van der Waals surface area contributed by atoms with Crippen molar-refractivity contribution in [3.05, 3.63) is 48.0 Å². The average molecular weight is 253 g/mol. The van der Waals surface area contributed by atoms with Crippen molar-refractivity contribution in [3.8, 4) is 0 Å². The minimum absolute atomic E-state index is 0.640. The summed E-state index contributed by atoms with van der Waals surface area (Å²) in [6.07, 6.45) is 5.66. The van der Waals surface area contributed by atoms with Gasteiger partial charge in [-0.1, -0.05) is 55.3 Å². The van der Waals surface area contributed by atoms with E-state index in [0.717, 1.165) is 12.5 Å². The zero-order chi connectivity index (χ0) is 13.1. The van der Waals surface area contributed by atoms with Gasteiger partial charge in [-0.25, -0.2) is 0 Å². The number of hydrogen-bond donors (Lipinski definition) is 1. The van der Waals surface area contributed by atoms with E-state index in [1.54, 1.807) is 0 Å². The third kappa shape index (κ3) is 2.82. The first-order chi connectivity index (χ1) is 9.34. The molecule has 0 amide bonds. The lowest BCUT2D eigenvalue weighted by Crippen LogP contribution is -2.31. The molecule has 1 heteroatoms. The highest BCUT2D eigenvalue weighted by atomic mass is 14.9. The first-order valence-corrected chi connectivity index (χ1v) is 7.54. The Morgan fingerprint density at radius 1 is 1.05 bits per heavy atom. The molecule has 1 atom stereocenters. The van der Waals surface area contributed by atoms with Crippen LogP contribution >= 0.6 is 0 Å². The zero-order valence-corrected chi connectivity index (χ0v) is 11.7. The number of hydrogen-bond acceptors (Lipinski definition) is 1. The van der Waals surface area contributed by atoms with Gasteiger partial charge in [-0.05, 0) is 42.0 Å². The van der Waals surface area contributed by atoms with Gasteiger partial charge in [0, 0.05) is 12.6 Å². The molecule has 0 heterocycles. The molecule has 0 aliphatic heterocycles. The van der Waals surface area contributed by atoms with Gasteiger partial charge in [0.15, 0.2) is 0 Å². The van der Waals surface area contributed by atoms with Gasteiger partial charge in [-0.15, -0.1) is 0 Å². The third-order valence-electron chi connectivity index (χ3n) is 4.60. The van der Waals surface area contributed by atoms with Crippen molar-refractivity contribution in [1.29, 1.82) is 0 Å². The van der Waals surface area contributed by atoms with Crippen molar-refractivity contribution in [3.63, 3.8) is 0 Å². The maximum atomic E-state index is 3.73. The molecule has 0 saturated heterocycles. The van der Waals surface area contributed by atoms with Crippen LogP contribution in [0.4, 0.5) is 0 Å². The van der Waals surface area contributed by atoms with Crippen molar-refractivity contribution in [2.45, 2.75) is 45.2 Å². The largest absolute Gasteiger partial charge is 0.310 e. The molecule has 1 N–H and O–H groups in total. The Bertz CT molecular complexity index is 535. The summed E-state index contributed by atoms with van der Waals surface area (Å²) in [6.45, 7) is 3.33. The third-order valence-corrected chi connectivity index (χ3v) is 4.60. The van der Waals surface area contributed by atoms with Crippen molar-refractivity contribution < 1.29 is 0 Å². The van der Waals surface area contributed by atoms with Crippen LogP contribution in [-0.4, -0.2) is 6.04 Å². The fourth-order valence-corrected chi connectivity index (χ4v) is 3.34. The highest BCUT2D eigenvalue weighted by molar-refractivity contribution is 5.85. The zero-order valence-electron chi connectivity index (χ0n) is 11.7. The summed E-state index contributed by atoms with van der Waals surface area (Å²) in [4.78, 5) is 0. The van der Waals surface area contributed by atoms with Gasteiger partial charge in [0.1, 0.15) is 0 Å². The van der Waals surface area contributed by atoms with Gasteiger partial charge in [-0.3, -0.25) is 0 Å². The molecule has 19 heavy (non-hydrogen) atoms. The summed E-state index contributed by atoms with van der Waals surface area (Å²) in [6, 6.07) is 15.9. The fraction of sp³-hybridized carbons (Fsp3) is 0.444. The van der Waals surface area contributed by atoms with E-state index in [9.17, 15) is 0 Å². The van der Waals surface area contributed by atoms with Crippen molar-refractivity contribution >= 4 is 10.8 Å². The molecule has 100 valence electrons. The molecule has 1 aliphatic rings. The Morgan fingerprint density at radius 2 is 1.79 bits per heavy atom. The van der Waals surface area contributed by atoms with E-state index >= 15 is 0 Å². The molecule has 0 spiro atoms. The fourth-order valence-electron chi connectivity index (χ4n) is 3.34. The van der Waals surface area contributed by atoms with Crippen LogP contribution in [0.5, 0.6) is 0 Å². The second-order valence-corrected chi connectivity index (χ2v) is 5.85. The number of fused-ring (bicyclic) bond motifs is 1. The maximum Gasteiger partial charge on any atom is 0.0214 e. The Balaban J connectivity index is 1.71. The summed E-state index contributed by atoms with van der Waals surface area (Å²) in [7, 11) is 0. The summed E-state index contributed by atoms with van der Waals surface area (Å²) < 4.78 is 0. The van der Waals surface area contributed by atoms with Crippen LogP contribution in [0.25, 0.3) is 10.8 Å². The van der Waals surface area contributed by atoms with Crippen LogP contribution in [0.3, 0.4) is 0 Å². The smallest absolute Gasteiger partial charge is 0.0214 e. The monoisotopic (exact) mass is 253 g/mol. The summed E-state index contributed by atoms with van der Waals surface area (Å²) in [5, 5.41) is 6.46. The lowest BCUT2D eigenvalue weighted by Gasteiger charge is -2.21. The first-order valence-electron chi connectivity index (χ1n) is 7.54. The predicted molar refractivity (Wildman–Crippen MR) is 82.2 cm³/mol. The highest BCUT2D eigenvalue weighted by Crippen LogP contribution is 2.28. The number of benzene rings is 2. The molecule has 1 aliphatic carbocycles. The van der Waals surface area contributed by atoms with Crippen molar-refractivity contribution in [1.82, 2.24) is 5.32 Å². The van der Waals surface area contributed by atoms with Crippen LogP contribution in [0.1, 0.15) is 38.2 Å². The molecule has 1 fully saturated rings. The highest BCUT2D eigenvalue weighted by Gasteiger charge is 2.20. The minimum Gasteiger partial charge on any atom is -0.310 e. The summed E-state index contributed by atoms with van der Waals surface area (Å²) >= 11 is 0. The molecule has 0 radical (unpaired) electrons. The molecular weight excluding hydrogens is 230 g/mol. The van der Waals surface area contributed by atoms with Crippen molar-refractivity contribution in [2.75, 3.05) is 0 Å². The van der Waals surface area contributed by atoms with E-state index in [1.165, 1.54) is 42.0 Å². The molecule has 2 aromatic rings. The second-order valence-electron chi connectivity index (χ2n) is 5.85. The van der Waals surface area contributed by atoms with Crippen LogP contribution in [0.2, 0.25) is 0 Å². The normalized spacial score (nSPS) is 17.9. The predicted octanol–water partition coefficient (Wildman–Crippen LogP) is 4.51. The van der Waals surface area contributed by atoms with Gasteiger partial charge in [-0.2, -0.15) is 0 Å². The van der Waals surface area contributed by atoms with Gasteiger partial charge in [0.2, 0.25) is 0 Å². The van der Waals surface area contributed by atoms with Crippen LogP contribution in [-0.2, 0) is 6.54 Å². The Morgan fingerprint density at radius 3 is 2.63 bits per heavy atom. The van der Waals surface area contributed by atoms with E-state index in [-0.39, 0.29) is 0 Å². The van der Waals surface area contributed by atoms with E-state index in [2.05, 4.69) is 54.7 Å². The molecule has 2 aromatic carbocycles. The lowest BCUT2D eigenvalue weighted by molar-refractivity contribution is 0.381. The molecule has 0 unspecified atom stereocenters. The summed E-state index contributed by atoms with van der Waals surface area (Å²) in [5.41, 5.74) is 1.42. The topological polar surface area (TPSA) is 12.0 Å². The molecule has 0 bridgehead atoms. The summed E-state index contributed by atoms with van der Waals surface area (Å²) in [5.74, 6) is 0.884. The van der Waals surface area contributed by atoms with Crippen LogP contribution in [0.15, 0.2) is 42.5 Å². The Kier molecular flexibility index (Phi) is 3.84. The van der Waals surface area contributed by atoms with E-state index in [4.69, 9.17) is 0 Å². The number of rotatable bonds is 4. The minimum atomic E-state index is 0.640. The molecule has 1 saturated carbocycles. The second kappa shape index (κ2) is 5.75. The standard InChI is InChI=1S/C18H23N/c1-14(15-7-2-3-8-15)19-13-17-11-6-10-16-9-4-5-12-18(16)17/h4-6,9-12,14-15,19H,2-3,7-8,13H2,1H3/t14-/m1/s1. The first kappa shape index (κ1) is 12.7. The maximum absolute atomic E-state index is 3.73. The Labute approximate surface area is 116 Å². The Hall–Kier alpha value is -1.34. The number of nitrogens with one attached hydrogen (secondary N) is 1. The van der Waals surface area contributed by atoms with E-state index in [1.807, 2.05) is 0 Å². The molecule has 0 aromatic heterocycles. The van der Waals surface area contributed by atoms with Gasteiger partial charge >= 0.3 is 0 Å². The molecule has 3 rings (SSSR count). The average Bonchev–Trinajstić information content (AvgIpc) is 2.99.